The van der Waals surface area contributed by atoms with Crippen LogP contribution in [0.4, 0.5) is 26.3 Å². The van der Waals surface area contributed by atoms with E-state index >= 15 is 0 Å². The van der Waals surface area contributed by atoms with Gasteiger partial charge in [-0.05, 0) is 83.8 Å². The fraction of sp³-hybridized carbons (Fsp3) is 0.0909. The highest BCUT2D eigenvalue weighted by molar-refractivity contribution is 6.10. The quantitative estimate of drug-likeness (QED) is 0.199. The SMILES string of the molecule is Cc1cc(C#N)c(-c2ccncc2)cc1-n1c2ccccc2c2ccc(-c3cc(C(F)(F)F)cc(C(F)(F)F)c3)cc21. The van der Waals surface area contributed by atoms with E-state index in [1.165, 1.54) is 6.07 Å². The Bertz CT molecular complexity index is 2000. The van der Waals surface area contributed by atoms with Crippen molar-refractivity contribution in [2.24, 2.45) is 0 Å². The molecule has 0 spiro atoms. The maximum atomic E-state index is 13.6. The van der Waals surface area contributed by atoms with Crippen molar-refractivity contribution in [2.75, 3.05) is 0 Å². The predicted molar refractivity (Wildman–Crippen MR) is 149 cm³/mol. The lowest BCUT2D eigenvalue weighted by atomic mass is 9.97. The first-order valence-electron chi connectivity index (χ1n) is 12.7. The number of alkyl halides is 6. The minimum Gasteiger partial charge on any atom is -0.309 e. The highest BCUT2D eigenvalue weighted by Crippen LogP contribution is 2.41. The Morgan fingerprint density at radius 2 is 1.31 bits per heavy atom. The molecule has 208 valence electrons. The van der Waals surface area contributed by atoms with E-state index in [9.17, 15) is 31.6 Å². The molecule has 42 heavy (non-hydrogen) atoms. The second-order valence-electron chi connectivity index (χ2n) is 9.91. The molecular formula is C33H19F6N3. The molecule has 0 saturated heterocycles. The molecule has 0 radical (unpaired) electrons. The van der Waals surface area contributed by atoms with Crippen molar-refractivity contribution < 1.29 is 26.3 Å². The van der Waals surface area contributed by atoms with Crippen LogP contribution in [-0.4, -0.2) is 9.55 Å². The largest absolute Gasteiger partial charge is 0.416 e. The summed E-state index contributed by atoms with van der Waals surface area (Å²) in [4.78, 5) is 4.05. The van der Waals surface area contributed by atoms with Gasteiger partial charge in [0.15, 0.2) is 0 Å². The Balaban J connectivity index is 1.65. The normalized spacial score (nSPS) is 12.1. The summed E-state index contributed by atoms with van der Waals surface area (Å²) in [5.41, 5.74) is 1.98. The molecule has 2 aromatic heterocycles. The van der Waals surface area contributed by atoms with E-state index in [4.69, 9.17) is 0 Å². The van der Waals surface area contributed by atoms with Crippen LogP contribution in [0.1, 0.15) is 22.3 Å². The molecule has 0 saturated carbocycles. The van der Waals surface area contributed by atoms with Crippen LogP contribution < -0.4 is 0 Å². The molecule has 6 rings (SSSR count). The third-order valence-corrected chi connectivity index (χ3v) is 7.28. The summed E-state index contributed by atoms with van der Waals surface area (Å²) in [5.74, 6) is 0. The van der Waals surface area contributed by atoms with Gasteiger partial charge in [0, 0.05) is 34.4 Å². The Hall–Kier alpha value is -5.10. The van der Waals surface area contributed by atoms with Gasteiger partial charge in [-0.2, -0.15) is 31.6 Å². The average molecular weight is 572 g/mol. The van der Waals surface area contributed by atoms with Gasteiger partial charge in [-0.3, -0.25) is 4.98 Å². The zero-order valence-electron chi connectivity index (χ0n) is 21.8. The van der Waals surface area contributed by atoms with Gasteiger partial charge in [0.05, 0.1) is 33.8 Å². The molecule has 4 aromatic carbocycles. The summed E-state index contributed by atoms with van der Waals surface area (Å²) in [7, 11) is 0. The van der Waals surface area contributed by atoms with Crippen molar-refractivity contribution in [3.63, 3.8) is 0 Å². The average Bonchev–Trinajstić information content (AvgIpc) is 3.30. The monoisotopic (exact) mass is 571 g/mol. The minimum absolute atomic E-state index is 0.125. The summed E-state index contributed by atoms with van der Waals surface area (Å²) in [5, 5.41) is 11.5. The highest BCUT2D eigenvalue weighted by Gasteiger charge is 2.37. The van der Waals surface area contributed by atoms with Crippen molar-refractivity contribution in [1.29, 1.82) is 5.26 Å². The molecule has 3 nitrogen and oxygen atoms in total. The number of benzene rings is 4. The first-order valence-corrected chi connectivity index (χ1v) is 12.7. The Morgan fingerprint density at radius 3 is 1.95 bits per heavy atom. The Labute approximate surface area is 235 Å². The van der Waals surface area contributed by atoms with Gasteiger partial charge in [-0.25, -0.2) is 0 Å². The number of rotatable bonds is 3. The van der Waals surface area contributed by atoms with E-state index in [0.29, 0.717) is 22.3 Å². The maximum absolute atomic E-state index is 13.6. The van der Waals surface area contributed by atoms with E-state index in [2.05, 4.69) is 11.1 Å². The van der Waals surface area contributed by atoms with Crippen LogP contribution in [-0.2, 0) is 12.4 Å². The first kappa shape index (κ1) is 27.1. The number of para-hydroxylation sites is 1. The van der Waals surface area contributed by atoms with Gasteiger partial charge in [0.1, 0.15) is 0 Å². The molecule has 0 unspecified atom stereocenters. The number of aryl methyl sites for hydroxylation is 1. The third-order valence-electron chi connectivity index (χ3n) is 7.28. The number of hydrogen-bond acceptors (Lipinski definition) is 2. The molecule has 0 fully saturated rings. The lowest BCUT2D eigenvalue weighted by molar-refractivity contribution is -0.143. The van der Waals surface area contributed by atoms with Crippen molar-refractivity contribution in [2.45, 2.75) is 19.3 Å². The van der Waals surface area contributed by atoms with Crippen molar-refractivity contribution >= 4 is 21.8 Å². The number of halogens is 6. The van der Waals surface area contributed by atoms with Crippen LogP contribution in [0.3, 0.4) is 0 Å². The van der Waals surface area contributed by atoms with Crippen LogP contribution in [0.25, 0.3) is 49.7 Å². The Morgan fingerprint density at radius 1 is 0.667 bits per heavy atom. The van der Waals surface area contributed by atoms with Crippen LogP contribution in [0.15, 0.2) is 97.3 Å². The molecule has 6 aromatic rings. The van der Waals surface area contributed by atoms with E-state index in [0.717, 1.165) is 39.5 Å². The second kappa shape index (κ2) is 9.77. The van der Waals surface area contributed by atoms with E-state index in [-0.39, 0.29) is 17.2 Å². The summed E-state index contributed by atoms with van der Waals surface area (Å²) < 4.78 is 83.6. The van der Waals surface area contributed by atoms with Gasteiger partial charge in [0.25, 0.3) is 0 Å². The lowest BCUT2D eigenvalue weighted by Crippen LogP contribution is -2.11. The standard InChI is InChI=1S/C33H19F6N3/c1-19-12-23(18-40)28(20-8-10-41-11-9-20)17-30(19)42-29-5-3-2-4-26(29)27-7-6-21(15-31(27)42)22-13-24(32(34,35)36)16-25(14-22)33(37,38)39/h2-17H,1H3. The van der Waals surface area contributed by atoms with Crippen molar-refractivity contribution in [3.8, 4) is 34.0 Å². The van der Waals surface area contributed by atoms with Crippen LogP contribution in [0.2, 0.25) is 0 Å². The maximum Gasteiger partial charge on any atom is 0.416 e. The van der Waals surface area contributed by atoms with Gasteiger partial charge in [0.2, 0.25) is 0 Å². The molecule has 0 bridgehead atoms. The lowest BCUT2D eigenvalue weighted by Gasteiger charge is -2.16. The molecule has 0 aliphatic rings. The van der Waals surface area contributed by atoms with E-state index < -0.39 is 23.5 Å². The van der Waals surface area contributed by atoms with Gasteiger partial charge < -0.3 is 4.57 Å². The molecule has 0 amide bonds. The number of pyridine rings is 1. The molecule has 9 heteroatoms. The van der Waals surface area contributed by atoms with Crippen molar-refractivity contribution in [3.05, 3.63) is 120 Å². The summed E-state index contributed by atoms with van der Waals surface area (Å²) >= 11 is 0. The molecule has 0 aliphatic heterocycles. The molecule has 0 aliphatic carbocycles. The molecule has 2 heterocycles. The number of fused-ring (bicyclic) bond motifs is 3. The number of nitrogens with zero attached hydrogens (tertiary/aromatic N) is 3. The van der Waals surface area contributed by atoms with Crippen LogP contribution in [0.5, 0.6) is 0 Å². The van der Waals surface area contributed by atoms with Crippen molar-refractivity contribution in [1.82, 2.24) is 9.55 Å². The number of hydrogen-bond donors (Lipinski definition) is 0. The summed E-state index contributed by atoms with van der Waals surface area (Å²) in [6.07, 6.45) is -6.68. The van der Waals surface area contributed by atoms with E-state index in [1.54, 1.807) is 42.7 Å². The third kappa shape index (κ3) is 4.65. The zero-order valence-corrected chi connectivity index (χ0v) is 21.8. The fourth-order valence-electron chi connectivity index (χ4n) is 5.33. The van der Waals surface area contributed by atoms with Gasteiger partial charge >= 0.3 is 12.4 Å². The van der Waals surface area contributed by atoms with Crippen LogP contribution in [0, 0.1) is 18.3 Å². The molecular weight excluding hydrogens is 552 g/mol. The topological polar surface area (TPSA) is 41.6 Å². The first-order chi connectivity index (χ1) is 20.0. The molecule has 0 N–H and O–H groups in total. The van der Waals surface area contributed by atoms with E-state index in [1.807, 2.05) is 41.8 Å². The zero-order chi connectivity index (χ0) is 29.8. The van der Waals surface area contributed by atoms with Gasteiger partial charge in [-0.1, -0.05) is 30.3 Å². The van der Waals surface area contributed by atoms with Crippen LogP contribution >= 0.6 is 0 Å². The Kier molecular flexibility index (Phi) is 6.30. The second-order valence-corrected chi connectivity index (χ2v) is 9.91. The summed E-state index contributed by atoms with van der Waals surface area (Å²) in [6.45, 7) is 1.85. The number of aromatic nitrogens is 2. The van der Waals surface area contributed by atoms with Gasteiger partial charge in [-0.15, -0.1) is 0 Å². The minimum atomic E-state index is -4.96. The number of nitriles is 1. The molecule has 0 atom stereocenters. The predicted octanol–water partition coefficient (Wildman–Crippen LogP) is 9.73. The fourth-order valence-corrected chi connectivity index (χ4v) is 5.33. The smallest absolute Gasteiger partial charge is 0.309 e. The summed E-state index contributed by atoms with van der Waals surface area (Å²) in [6, 6.07) is 23.4. The highest BCUT2D eigenvalue weighted by atomic mass is 19.4.